The minimum Gasteiger partial charge on any atom is -0.326 e. The summed E-state index contributed by atoms with van der Waals surface area (Å²) in [5, 5.41) is 3.58. The highest BCUT2D eigenvalue weighted by molar-refractivity contribution is 5.21. The van der Waals surface area contributed by atoms with Crippen LogP contribution >= 0.6 is 0 Å². The zero-order chi connectivity index (χ0) is 11.4. The van der Waals surface area contributed by atoms with Crippen LogP contribution in [0.1, 0.15) is 36.8 Å². The predicted octanol–water partition coefficient (Wildman–Crippen LogP) is 2.35. The molecule has 2 rings (SSSR count). The summed E-state index contributed by atoms with van der Waals surface area (Å²) in [6.45, 7) is 3.06. The van der Waals surface area contributed by atoms with Gasteiger partial charge in [0.25, 0.3) is 0 Å². The van der Waals surface area contributed by atoms with E-state index in [9.17, 15) is 0 Å². The highest BCUT2D eigenvalue weighted by atomic mass is 15.0. The largest absolute Gasteiger partial charge is 0.326 e. The van der Waals surface area contributed by atoms with Crippen LogP contribution in [0.5, 0.6) is 0 Å². The fourth-order valence-electron chi connectivity index (χ4n) is 2.37. The number of hydrogen-bond acceptors (Lipinski definition) is 2. The minimum atomic E-state index is 0.346. The van der Waals surface area contributed by atoms with Gasteiger partial charge in [0.2, 0.25) is 0 Å². The second-order valence-electron chi connectivity index (χ2n) is 4.92. The van der Waals surface area contributed by atoms with Crippen LogP contribution in [0.2, 0.25) is 0 Å². The van der Waals surface area contributed by atoms with E-state index in [0.717, 1.165) is 6.54 Å². The molecule has 1 aliphatic carbocycles. The molecule has 0 bridgehead atoms. The molecule has 0 spiro atoms. The van der Waals surface area contributed by atoms with E-state index in [-0.39, 0.29) is 0 Å². The van der Waals surface area contributed by atoms with E-state index in [2.05, 4.69) is 36.5 Å². The molecule has 0 amide bonds. The minimum absolute atomic E-state index is 0.346. The molecule has 0 saturated heterocycles. The first-order valence-corrected chi connectivity index (χ1v) is 6.30. The summed E-state index contributed by atoms with van der Waals surface area (Å²) in [4.78, 5) is 0. The van der Waals surface area contributed by atoms with Crippen LogP contribution < -0.4 is 11.1 Å². The topological polar surface area (TPSA) is 38.0 Å². The predicted molar refractivity (Wildman–Crippen MR) is 68.3 cm³/mol. The average Bonchev–Trinajstić information content (AvgIpc) is 2.30. The van der Waals surface area contributed by atoms with Crippen molar-refractivity contribution in [3.05, 3.63) is 35.4 Å². The Labute approximate surface area is 98.2 Å². The number of rotatable bonds is 3. The number of aryl methyl sites for hydroxylation is 1. The highest BCUT2D eigenvalue weighted by Gasteiger charge is 2.20. The third kappa shape index (κ3) is 3.06. The van der Waals surface area contributed by atoms with E-state index in [1.165, 1.54) is 36.8 Å². The molecule has 0 radical (unpaired) electrons. The molecule has 0 aliphatic heterocycles. The summed E-state index contributed by atoms with van der Waals surface area (Å²) in [6.07, 6.45) is 5.02. The Kier molecular flexibility index (Phi) is 3.97. The van der Waals surface area contributed by atoms with Gasteiger partial charge in [-0.25, -0.2) is 0 Å². The summed E-state index contributed by atoms with van der Waals surface area (Å²) in [6, 6.07) is 9.57. The fourth-order valence-corrected chi connectivity index (χ4v) is 2.37. The molecule has 1 aromatic carbocycles. The summed E-state index contributed by atoms with van der Waals surface area (Å²) < 4.78 is 0. The van der Waals surface area contributed by atoms with Crippen molar-refractivity contribution in [2.75, 3.05) is 0 Å². The first-order chi connectivity index (χ1) is 7.75. The van der Waals surface area contributed by atoms with Crippen molar-refractivity contribution in [3.63, 3.8) is 0 Å². The molecule has 88 valence electrons. The Morgan fingerprint density at radius 1 is 1.19 bits per heavy atom. The summed E-state index contributed by atoms with van der Waals surface area (Å²) in [7, 11) is 0. The second kappa shape index (κ2) is 5.46. The Morgan fingerprint density at radius 3 is 2.56 bits per heavy atom. The van der Waals surface area contributed by atoms with E-state index < -0.39 is 0 Å². The number of nitrogens with two attached hydrogens (primary N) is 1. The molecule has 0 heterocycles. The van der Waals surface area contributed by atoms with Crippen molar-refractivity contribution in [2.24, 2.45) is 5.73 Å². The number of hydrogen-bond donors (Lipinski definition) is 2. The second-order valence-corrected chi connectivity index (χ2v) is 4.92. The SMILES string of the molecule is Cc1ccc(CN[C@@H]2CCCC[C@H]2N)cc1. The highest BCUT2D eigenvalue weighted by Crippen LogP contribution is 2.17. The van der Waals surface area contributed by atoms with Crippen molar-refractivity contribution < 1.29 is 0 Å². The summed E-state index contributed by atoms with van der Waals surface area (Å²) >= 11 is 0. The van der Waals surface area contributed by atoms with Gasteiger partial charge in [-0.1, -0.05) is 42.7 Å². The number of nitrogens with one attached hydrogen (secondary N) is 1. The van der Waals surface area contributed by atoms with Gasteiger partial charge in [-0.15, -0.1) is 0 Å². The molecule has 0 unspecified atom stereocenters. The normalized spacial score (nSPS) is 25.6. The molecule has 1 saturated carbocycles. The monoisotopic (exact) mass is 218 g/mol. The lowest BCUT2D eigenvalue weighted by molar-refractivity contribution is 0.326. The van der Waals surface area contributed by atoms with Crippen molar-refractivity contribution in [1.82, 2.24) is 5.32 Å². The molecule has 1 aliphatic rings. The fraction of sp³-hybridized carbons (Fsp3) is 0.571. The van der Waals surface area contributed by atoms with E-state index in [0.29, 0.717) is 12.1 Å². The van der Waals surface area contributed by atoms with E-state index in [1.54, 1.807) is 0 Å². The van der Waals surface area contributed by atoms with Crippen molar-refractivity contribution in [3.8, 4) is 0 Å². The maximum atomic E-state index is 6.10. The summed E-state index contributed by atoms with van der Waals surface area (Å²) in [5.74, 6) is 0. The van der Waals surface area contributed by atoms with Gasteiger partial charge in [0.05, 0.1) is 0 Å². The van der Waals surface area contributed by atoms with Gasteiger partial charge < -0.3 is 11.1 Å². The van der Waals surface area contributed by atoms with Crippen molar-refractivity contribution in [1.29, 1.82) is 0 Å². The molecular weight excluding hydrogens is 196 g/mol. The van der Waals surface area contributed by atoms with Crippen LogP contribution in [0.15, 0.2) is 24.3 Å². The molecule has 1 fully saturated rings. The lowest BCUT2D eigenvalue weighted by Gasteiger charge is -2.29. The molecule has 16 heavy (non-hydrogen) atoms. The summed E-state index contributed by atoms with van der Waals surface area (Å²) in [5.41, 5.74) is 8.77. The third-order valence-electron chi connectivity index (χ3n) is 3.51. The van der Waals surface area contributed by atoms with E-state index >= 15 is 0 Å². The van der Waals surface area contributed by atoms with Gasteiger partial charge in [-0.2, -0.15) is 0 Å². The smallest absolute Gasteiger partial charge is 0.0222 e. The van der Waals surface area contributed by atoms with Gasteiger partial charge in [-0.3, -0.25) is 0 Å². The standard InChI is InChI=1S/C14H22N2/c1-11-6-8-12(9-7-11)10-16-14-5-3-2-4-13(14)15/h6-9,13-14,16H,2-5,10,15H2,1H3/t13-,14-/m1/s1. The first kappa shape index (κ1) is 11.6. The maximum absolute atomic E-state index is 6.10. The van der Waals surface area contributed by atoms with Crippen molar-refractivity contribution >= 4 is 0 Å². The zero-order valence-corrected chi connectivity index (χ0v) is 10.1. The van der Waals surface area contributed by atoms with Crippen LogP contribution in [0, 0.1) is 6.92 Å². The molecular formula is C14H22N2. The zero-order valence-electron chi connectivity index (χ0n) is 10.1. The molecule has 1 aromatic rings. The van der Waals surface area contributed by atoms with Gasteiger partial charge in [0, 0.05) is 18.6 Å². The number of benzene rings is 1. The van der Waals surface area contributed by atoms with Crippen LogP contribution in [0.25, 0.3) is 0 Å². The van der Waals surface area contributed by atoms with Crippen LogP contribution in [0.4, 0.5) is 0 Å². The van der Waals surface area contributed by atoms with E-state index in [1.807, 2.05) is 0 Å². The van der Waals surface area contributed by atoms with Gasteiger partial charge in [0.15, 0.2) is 0 Å². The molecule has 2 atom stereocenters. The molecule has 2 heteroatoms. The Balaban J connectivity index is 1.84. The maximum Gasteiger partial charge on any atom is 0.0222 e. The molecule has 2 nitrogen and oxygen atoms in total. The van der Waals surface area contributed by atoms with Gasteiger partial charge >= 0.3 is 0 Å². The lowest BCUT2D eigenvalue weighted by Crippen LogP contribution is -2.46. The molecule has 0 aromatic heterocycles. The lowest BCUT2D eigenvalue weighted by atomic mass is 9.91. The molecule has 3 N–H and O–H groups in total. The quantitative estimate of drug-likeness (QED) is 0.817. The van der Waals surface area contributed by atoms with Crippen LogP contribution in [-0.4, -0.2) is 12.1 Å². The van der Waals surface area contributed by atoms with Crippen LogP contribution in [-0.2, 0) is 6.54 Å². The Morgan fingerprint density at radius 2 is 1.88 bits per heavy atom. The third-order valence-corrected chi connectivity index (χ3v) is 3.51. The van der Waals surface area contributed by atoms with E-state index in [4.69, 9.17) is 5.73 Å². The Bertz CT molecular complexity index is 318. The van der Waals surface area contributed by atoms with Gasteiger partial charge in [-0.05, 0) is 25.3 Å². The average molecular weight is 218 g/mol. The Hall–Kier alpha value is -0.860. The first-order valence-electron chi connectivity index (χ1n) is 6.30. The van der Waals surface area contributed by atoms with Crippen LogP contribution in [0.3, 0.4) is 0 Å². The van der Waals surface area contributed by atoms with Crippen molar-refractivity contribution in [2.45, 2.75) is 51.2 Å². The van der Waals surface area contributed by atoms with Gasteiger partial charge in [0.1, 0.15) is 0 Å².